The summed E-state index contributed by atoms with van der Waals surface area (Å²) >= 11 is 0. The Labute approximate surface area is 119 Å². The second kappa shape index (κ2) is 5.00. The Morgan fingerprint density at radius 1 is 1.00 bits per heavy atom. The molecule has 3 heteroatoms. The first-order valence-electron chi connectivity index (χ1n) is 6.89. The normalized spacial score (nSPS) is 18.2. The summed E-state index contributed by atoms with van der Waals surface area (Å²) in [7, 11) is 0. The molecule has 3 rings (SSSR count). The predicted molar refractivity (Wildman–Crippen MR) is 84.1 cm³/mol. The fourth-order valence-electron chi connectivity index (χ4n) is 2.82. The Balaban J connectivity index is 2.06. The molecule has 20 heavy (non-hydrogen) atoms. The minimum atomic E-state index is 0.192. The molecule has 0 aromatic heterocycles. The number of benzene rings is 2. The zero-order valence-corrected chi connectivity index (χ0v) is 11.9. The predicted octanol–water partition coefficient (Wildman–Crippen LogP) is 3.18. The van der Waals surface area contributed by atoms with Gasteiger partial charge in [-0.15, -0.1) is 0 Å². The van der Waals surface area contributed by atoms with Gasteiger partial charge in [-0.2, -0.15) is 0 Å². The highest BCUT2D eigenvalue weighted by Crippen LogP contribution is 2.34. The zero-order chi connectivity index (χ0) is 14.1. The maximum Gasteiger partial charge on any atom is 0.196 e. The average molecular weight is 265 g/mol. The van der Waals surface area contributed by atoms with E-state index in [1.807, 2.05) is 12.1 Å². The van der Waals surface area contributed by atoms with Gasteiger partial charge in [-0.3, -0.25) is 4.99 Å². The van der Waals surface area contributed by atoms with E-state index in [4.69, 9.17) is 5.73 Å². The van der Waals surface area contributed by atoms with Gasteiger partial charge >= 0.3 is 0 Å². The molecule has 1 atom stereocenters. The van der Waals surface area contributed by atoms with Crippen molar-refractivity contribution in [2.45, 2.75) is 19.9 Å². The third-order valence-electron chi connectivity index (χ3n) is 3.91. The summed E-state index contributed by atoms with van der Waals surface area (Å²) in [5.74, 6) is 0.604. The van der Waals surface area contributed by atoms with Crippen LogP contribution in [0.5, 0.6) is 0 Å². The number of guanidine groups is 1. The average Bonchev–Trinajstić information content (AvgIpc) is 2.82. The fourth-order valence-corrected chi connectivity index (χ4v) is 2.82. The second-order valence-corrected chi connectivity index (χ2v) is 5.23. The van der Waals surface area contributed by atoms with Gasteiger partial charge in [0.05, 0.1) is 12.6 Å². The van der Waals surface area contributed by atoms with Gasteiger partial charge in [0.1, 0.15) is 0 Å². The summed E-state index contributed by atoms with van der Waals surface area (Å²) in [4.78, 5) is 6.60. The van der Waals surface area contributed by atoms with E-state index in [2.05, 4.69) is 60.1 Å². The molecule has 0 spiro atoms. The molecule has 0 saturated heterocycles. The third kappa shape index (κ3) is 2.05. The SMILES string of the molecule is Cc1ccccc1C1CN=C(N)N1c1ccccc1C. The summed E-state index contributed by atoms with van der Waals surface area (Å²) in [6.45, 7) is 4.96. The highest BCUT2D eigenvalue weighted by molar-refractivity contribution is 5.98. The lowest BCUT2D eigenvalue weighted by Crippen LogP contribution is -2.36. The molecule has 1 aliphatic rings. The van der Waals surface area contributed by atoms with Crippen molar-refractivity contribution in [1.29, 1.82) is 0 Å². The molecular formula is C17H19N3. The van der Waals surface area contributed by atoms with Crippen LogP contribution in [-0.4, -0.2) is 12.5 Å². The van der Waals surface area contributed by atoms with Crippen LogP contribution in [0.1, 0.15) is 22.7 Å². The van der Waals surface area contributed by atoms with Crippen LogP contribution in [0.4, 0.5) is 5.69 Å². The van der Waals surface area contributed by atoms with Gasteiger partial charge in [0, 0.05) is 5.69 Å². The summed E-state index contributed by atoms with van der Waals surface area (Å²) < 4.78 is 0. The molecule has 0 aliphatic carbocycles. The highest BCUT2D eigenvalue weighted by atomic mass is 15.3. The molecule has 1 aliphatic heterocycles. The Hall–Kier alpha value is -2.29. The van der Waals surface area contributed by atoms with E-state index in [1.165, 1.54) is 16.7 Å². The number of aliphatic imine (C=N–C) groups is 1. The van der Waals surface area contributed by atoms with Crippen molar-refractivity contribution in [2.24, 2.45) is 10.7 Å². The maximum atomic E-state index is 6.13. The van der Waals surface area contributed by atoms with Crippen molar-refractivity contribution >= 4 is 11.6 Å². The molecule has 0 bridgehead atoms. The Morgan fingerprint density at radius 3 is 2.35 bits per heavy atom. The molecule has 2 aromatic rings. The van der Waals surface area contributed by atoms with E-state index in [9.17, 15) is 0 Å². The lowest BCUT2D eigenvalue weighted by atomic mass is 10.00. The van der Waals surface area contributed by atoms with Crippen LogP contribution in [0.15, 0.2) is 53.5 Å². The first-order chi connectivity index (χ1) is 9.68. The standard InChI is InChI=1S/C17H19N3/c1-12-7-3-5-9-14(12)16-11-19-17(18)20(16)15-10-6-4-8-13(15)2/h3-10,16H,11H2,1-2H3,(H2,18,19). The van der Waals surface area contributed by atoms with Crippen LogP contribution in [0.25, 0.3) is 0 Å². The lowest BCUT2D eigenvalue weighted by molar-refractivity contribution is 0.761. The number of nitrogens with zero attached hydrogens (tertiary/aromatic N) is 2. The fraction of sp³-hybridized carbons (Fsp3) is 0.235. The second-order valence-electron chi connectivity index (χ2n) is 5.23. The molecular weight excluding hydrogens is 246 g/mol. The molecule has 0 saturated carbocycles. The molecule has 0 radical (unpaired) electrons. The third-order valence-corrected chi connectivity index (χ3v) is 3.91. The summed E-state index contributed by atoms with van der Waals surface area (Å²) in [5.41, 5.74) is 11.1. The quantitative estimate of drug-likeness (QED) is 0.906. The topological polar surface area (TPSA) is 41.6 Å². The van der Waals surface area contributed by atoms with Crippen LogP contribution < -0.4 is 10.6 Å². The molecule has 3 nitrogen and oxygen atoms in total. The molecule has 0 fully saturated rings. The van der Waals surface area contributed by atoms with Gasteiger partial charge in [0.25, 0.3) is 0 Å². The van der Waals surface area contributed by atoms with Crippen LogP contribution in [0, 0.1) is 13.8 Å². The number of hydrogen-bond acceptors (Lipinski definition) is 3. The van der Waals surface area contributed by atoms with Crippen LogP contribution >= 0.6 is 0 Å². The Kier molecular flexibility index (Phi) is 3.18. The maximum absolute atomic E-state index is 6.13. The van der Waals surface area contributed by atoms with E-state index >= 15 is 0 Å². The molecule has 2 N–H and O–H groups in total. The summed E-state index contributed by atoms with van der Waals surface area (Å²) in [6.07, 6.45) is 0. The van der Waals surface area contributed by atoms with Crippen molar-refractivity contribution in [3.8, 4) is 0 Å². The molecule has 1 unspecified atom stereocenters. The molecule has 102 valence electrons. The van der Waals surface area contributed by atoms with Gasteiger partial charge in [-0.25, -0.2) is 0 Å². The molecule has 0 amide bonds. The van der Waals surface area contributed by atoms with Crippen molar-refractivity contribution in [2.75, 3.05) is 11.4 Å². The van der Waals surface area contributed by atoms with E-state index in [-0.39, 0.29) is 6.04 Å². The van der Waals surface area contributed by atoms with Crippen molar-refractivity contribution in [1.82, 2.24) is 0 Å². The van der Waals surface area contributed by atoms with E-state index in [0.29, 0.717) is 12.5 Å². The van der Waals surface area contributed by atoms with Crippen LogP contribution in [0.3, 0.4) is 0 Å². The first-order valence-corrected chi connectivity index (χ1v) is 6.89. The molecule has 2 aromatic carbocycles. The van der Waals surface area contributed by atoms with Gasteiger partial charge in [0.2, 0.25) is 0 Å². The number of anilines is 1. The minimum absolute atomic E-state index is 0.192. The van der Waals surface area contributed by atoms with E-state index in [0.717, 1.165) is 5.69 Å². The van der Waals surface area contributed by atoms with Crippen LogP contribution in [0.2, 0.25) is 0 Å². The first kappa shape index (κ1) is 12.7. The van der Waals surface area contributed by atoms with Crippen molar-refractivity contribution in [3.63, 3.8) is 0 Å². The van der Waals surface area contributed by atoms with Crippen LogP contribution in [-0.2, 0) is 0 Å². The lowest BCUT2D eigenvalue weighted by Gasteiger charge is -2.29. The number of rotatable bonds is 2. The summed E-state index contributed by atoms with van der Waals surface area (Å²) in [6, 6.07) is 16.9. The Morgan fingerprint density at radius 2 is 1.65 bits per heavy atom. The van der Waals surface area contributed by atoms with Gasteiger partial charge in [-0.1, -0.05) is 42.5 Å². The smallest absolute Gasteiger partial charge is 0.196 e. The zero-order valence-electron chi connectivity index (χ0n) is 11.9. The highest BCUT2D eigenvalue weighted by Gasteiger charge is 2.30. The number of nitrogens with two attached hydrogens (primary N) is 1. The summed E-state index contributed by atoms with van der Waals surface area (Å²) in [5, 5.41) is 0. The number of hydrogen-bond donors (Lipinski definition) is 1. The van der Waals surface area contributed by atoms with E-state index in [1.54, 1.807) is 0 Å². The van der Waals surface area contributed by atoms with Crippen molar-refractivity contribution < 1.29 is 0 Å². The van der Waals surface area contributed by atoms with Gasteiger partial charge in [-0.05, 0) is 36.6 Å². The minimum Gasteiger partial charge on any atom is -0.369 e. The van der Waals surface area contributed by atoms with Gasteiger partial charge in [0.15, 0.2) is 5.96 Å². The molecule has 1 heterocycles. The number of aryl methyl sites for hydroxylation is 2. The van der Waals surface area contributed by atoms with Gasteiger partial charge < -0.3 is 10.6 Å². The largest absolute Gasteiger partial charge is 0.369 e. The van der Waals surface area contributed by atoms with E-state index < -0.39 is 0 Å². The van der Waals surface area contributed by atoms with Crippen molar-refractivity contribution in [3.05, 3.63) is 65.2 Å². The number of para-hydroxylation sites is 1. The monoisotopic (exact) mass is 265 g/mol. The Bertz CT molecular complexity index is 661.